The molecule has 1 saturated heterocycles. The molecule has 4 fully saturated rings. The lowest BCUT2D eigenvalue weighted by molar-refractivity contribution is -0.194. The maximum atomic E-state index is 11.9. The predicted molar refractivity (Wildman–Crippen MR) is 63.7 cm³/mol. The Balaban J connectivity index is 1.60. The number of halogens is 1. The van der Waals surface area contributed by atoms with E-state index in [1.807, 2.05) is 0 Å². The third kappa shape index (κ3) is 1.57. The number of likely N-dealkylation sites (tertiary alicyclic amines) is 1. The first-order valence-electron chi connectivity index (χ1n) is 6.27. The number of alkyl halides is 1. The third-order valence-electron chi connectivity index (χ3n) is 4.42. The summed E-state index contributed by atoms with van der Waals surface area (Å²) in [6.07, 6.45) is 5.62. The molecule has 0 unspecified atom stereocenters. The van der Waals surface area contributed by atoms with Crippen molar-refractivity contribution in [1.82, 2.24) is 10.2 Å². The minimum atomic E-state index is -0.0927. The minimum Gasteiger partial charge on any atom is -0.349 e. The number of amides is 2. The van der Waals surface area contributed by atoms with Crippen molar-refractivity contribution >= 4 is 23.4 Å². The SMILES string of the molecule is O=C(CCl)NC12CC(N3CCCCC3=O)(C1)C2. The van der Waals surface area contributed by atoms with E-state index in [4.69, 9.17) is 11.6 Å². The summed E-state index contributed by atoms with van der Waals surface area (Å²) < 4.78 is 0. The molecular weight excluding hydrogens is 240 g/mol. The van der Waals surface area contributed by atoms with E-state index in [2.05, 4.69) is 10.2 Å². The number of carbonyl (C=O) groups is 2. The number of nitrogens with one attached hydrogen (secondary N) is 1. The Morgan fingerprint density at radius 2 is 2.06 bits per heavy atom. The molecule has 4 nitrogen and oxygen atoms in total. The second-order valence-corrected chi connectivity index (χ2v) is 5.99. The van der Waals surface area contributed by atoms with Crippen molar-refractivity contribution in [2.45, 2.75) is 49.6 Å². The summed E-state index contributed by atoms with van der Waals surface area (Å²) in [7, 11) is 0. The van der Waals surface area contributed by atoms with Crippen molar-refractivity contribution in [3.8, 4) is 0 Å². The summed E-state index contributed by atoms with van der Waals surface area (Å²) in [4.78, 5) is 25.2. The van der Waals surface area contributed by atoms with Gasteiger partial charge in [0.25, 0.3) is 0 Å². The Bertz CT molecular complexity index is 363. The van der Waals surface area contributed by atoms with Crippen LogP contribution in [0.1, 0.15) is 38.5 Å². The molecule has 1 heterocycles. The first kappa shape index (κ1) is 11.3. The van der Waals surface area contributed by atoms with Gasteiger partial charge in [-0.2, -0.15) is 0 Å². The lowest BCUT2D eigenvalue weighted by Crippen LogP contribution is -2.84. The molecular formula is C12H17ClN2O2. The van der Waals surface area contributed by atoms with Crippen molar-refractivity contribution in [3.05, 3.63) is 0 Å². The maximum Gasteiger partial charge on any atom is 0.235 e. The van der Waals surface area contributed by atoms with Crippen LogP contribution in [0.4, 0.5) is 0 Å². The summed E-state index contributed by atoms with van der Waals surface area (Å²) >= 11 is 5.49. The summed E-state index contributed by atoms with van der Waals surface area (Å²) in [5.74, 6) is 0.232. The average molecular weight is 257 g/mol. The van der Waals surface area contributed by atoms with Gasteiger partial charge in [0.05, 0.1) is 0 Å². The highest BCUT2D eigenvalue weighted by atomic mass is 35.5. The van der Waals surface area contributed by atoms with E-state index in [0.717, 1.165) is 38.6 Å². The van der Waals surface area contributed by atoms with Gasteiger partial charge in [0.1, 0.15) is 5.88 Å². The highest BCUT2D eigenvalue weighted by molar-refractivity contribution is 6.27. The Morgan fingerprint density at radius 1 is 1.35 bits per heavy atom. The fourth-order valence-corrected chi connectivity index (χ4v) is 3.86. The molecule has 0 aromatic heterocycles. The third-order valence-corrected chi connectivity index (χ3v) is 4.67. The predicted octanol–water partition coefficient (Wildman–Crippen LogP) is 1.03. The van der Waals surface area contributed by atoms with E-state index >= 15 is 0 Å². The van der Waals surface area contributed by atoms with E-state index in [1.54, 1.807) is 0 Å². The van der Waals surface area contributed by atoms with E-state index in [0.29, 0.717) is 12.3 Å². The number of piperidine rings is 1. The molecule has 0 atom stereocenters. The van der Waals surface area contributed by atoms with Crippen LogP contribution in [0.15, 0.2) is 0 Å². The molecule has 2 bridgehead atoms. The fourth-order valence-electron chi connectivity index (χ4n) is 3.79. The first-order valence-corrected chi connectivity index (χ1v) is 6.80. The topological polar surface area (TPSA) is 49.4 Å². The van der Waals surface area contributed by atoms with Crippen LogP contribution < -0.4 is 5.32 Å². The molecule has 0 aromatic rings. The summed E-state index contributed by atoms with van der Waals surface area (Å²) in [5, 5.41) is 2.98. The highest BCUT2D eigenvalue weighted by Gasteiger charge is 2.71. The number of nitrogens with zero attached hydrogens (tertiary/aromatic N) is 1. The van der Waals surface area contributed by atoms with Crippen molar-refractivity contribution in [2.75, 3.05) is 12.4 Å². The Morgan fingerprint density at radius 3 is 2.65 bits per heavy atom. The zero-order valence-corrected chi connectivity index (χ0v) is 10.6. The quantitative estimate of drug-likeness (QED) is 0.767. The minimum absolute atomic E-state index is 0.0252. The Kier molecular flexibility index (Phi) is 2.41. The second kappa shape index (κ2) is 3.61. The highest BCUT2D eigenvalue weighted by Crippen LogP contribution is 2.64. The van der Waals surface area contributed by atoms with Gasteiger partial charge < -0.3 is 10.2 Å². The van der Waals surface area contributed by atoms with Crippen LogP contribution in [0.25, 0.3) is 0 Å². The maximum absolute atomic E-state index is 11.9. The lowest BCUT2D eigenvalue weighted by Gasteiger charge is -2.73. The fraction of sp³-hybridized carbons (Fsp3) is 0.833. The van der Waals surface area contributed by atoms with E-state index < -0.39 is 0 Å². The van der Waals surface area contributed by atoms with Gasteiger partial charge in [-0.1, -0.05) is 0 Å². The standard InChI is InChI=1S/C12H17ClN2O2/c13-5-9(16)14-11-6-12(7-11,8-11)15-4-2-1-3-10(15)17/h1-8H2,(H,14,16). The van der Waals surface area contributed by atoms with Gasteiger partial charge in [-0.05, 0) is 32.1 Å². The van der Waals surface area contributed by atoms with E-state index in [9.17, 15) is 9.59 Å². The first-order chi connectivity index (χ1) is 8.09. The second-order valence-electron chi connectivity index (χ2n) is 5.72. The molecule has 0 aromatic carbocycles. The van der Waals surface area contributed by atoms with Crippen LogP contribution in [0.5, 0.6) is 0 Å². The van der Waals surface area contributed by atoms with Gasteiger partial charge in [-0.3, -0.25) is 9.59 Å². The average Bonchev–Trinajstić information content (AvgIpc) is 2.22. The molecule has 4 rings (SSSR count). The number of hydrogen-bond donors (Lipinski definition) is 1. The molecule has 17 heavy (non-hydrogen) atoms. The van der Waals surface area contributed by atoms with Crippen LogP contribution in [-0.4, -0.2) is 40.2 Å². The normalized spacial score (nSPS) is 39.4. The molecule has 4 aliphatic rings. The molecule has 5 heteroatoms. The zero-order chi connectivity index (χ0) is 12.1. The Labute approximate surface area is 106 Å². The summed E-state index contributed by atoms with van der Waals surface area (Å²) in [6, 6.07) is 0. The van der Waals surface area contributed by atoms with Crippen LogP contribution in [0.2, 0.25) is 0 Å². The van der Waals surface area contributed by atoms with Crippen LogP contribution in [0.3, 0.4) is 0 Å². The van der Waals surface area contributed by atoms with Gasteiger partial charge in [-0.25, -0.2) is 0 Å². The molecule has 94 valence electrons. The lowest BCUT2D eigenvalue weighted by atomic mass is 9.43. The van der Waals surface area contributed by atoms with Crippen LogP contribution >= 0.6 is 11.6 Å². The van der Waals surface area contributed by atoms with Crippen molar-refractivity contribution < 1.29 is 9.59 Å². The monoisotopic (exact) mass is 256 g/mol. The van der Waals surface area contributed by atoms with Crippen molar-refractivity contribution in [2.24, 2.45) is 0 Å². The molecule has 1 N–H and O–H groups in total. The largest absolute Gasteiger partial charge is 0.349 e. The zero-order valence-electron chi connectivity index (χ0n) is 9.80. The van der Waals surface area contributed by atoms with Crippen molar-refractivity contribution in [1.29, 1.82) is 0 Å². The molecule has 3 saturated carbocycles. The molecule has 0 radical (unpaired) electrons. The molecule has 1 aliphatic heterocycles. The van der Waals surface area contributed by atoms with Gasteiger partial charge in [0.15, 0.2) is 0 Å². The van der Waals surface area contributed by atoms with E-state index in [-0.39, 0.29) is 22.9 Å². The van der Waals surface area contributed by atoms with Gasteiger partial charge >= 0.3 is 0 Å². The number of rotatable bonds is 3. The van der Waals surface area contributed by atoms with Gasteiger partial charge in [-0.15, -0.1) is 11.6 Å². The summed E-state index contributed by atoms with van der Waals surface area (Å²) in [6.45, 7) is 0.901. The van der Waals surface area contributed by atoms with Gasteiger partial charge in [0, 0.05) is 24.0 Å². The van der Waals surface area contributed by atoms with Crippen LogP contribution in [-0.2, 0) is 9.59 Å². The Hall–Kier alpha value is -0.770. The smallest absolute Gasteiger partial charge is 0.235 e. The molecule has 3 aliphatic carbocycles. The van der Waals surface area contributed by atoms with Gasteiger partial charge in [0.2, 0.25) is 11.8 Å². The van der Waals surface area contributed by atoms with Crippen molar-refractivity contribution in [3.63, 3.8) is 0 Å². The number of hydrogen-bond acceptors (Lipinski definition) is 2. The summed E-state index contributed by atoms with van der Waals surface area (Å²) in [5.41, 5.74) is 0.0425. The number of carbonyl (C=O) groups excluding carboxylic acids is 2. The van der Waals surface area contributed by atoms with E-state index in [1.165, 1.54) is 0 Å². The molecule has 0 spiro atoms. The molecule has 2 amide bonds. The van der Waals surface area contributed by atoms with Crippen LogP contribution in [0, 0.1) is 0 Å².